The number of aromatic nitrogens is 2. The number of halogens is 1. The maximum atomic E-state index is 12.3. The first-order chi connectivity index (χ1) is 10.3. The third-order valence-electron chi connectivity index (χ3n) is 3.17. The van der Waals surface area contributed by atoms with E-state index in [9.17, 15) is 4.79 Å². The van der Waals surface area contributed by atoms with Crippen LogP contribution in [0.2, 0.25) is 0 Å². The monoisotopic (exact) mass is 314 g/mol. The number of esters is 1. The van der Waals surface area contributed by atoms with Gasteiger partial charge in [0, 0.05) is 5.56 Å². The largest absolute Gasteiger partial charge is 1.00 e. The fraction of sp³-hybridized carbons (Fsp3) is 0.118. The Morgan fingerprint density at radius 3 is 2.50 bits per heavy atom. The van der Waals surface area contributed by atoms with Gasteiger partial charge >= 0.3 is 11.8 Å². The molecule has 0 radical (unpaired) electrons. The first-order valence-corrected chi connectivity index (χ1v) is 6.84. The number of hydrogen-bond acceptors (Lipinski definition) is 3. The minimum Gasteiger partial charge on any atom is -1.00 e. The second-order valence-electron chi connectivity index (χ2n) is 4.52. The summed E-state index contributed by atoms with van der Waals surface area (Å²) in [6.45, 7) is 2.13. The van der Waals surface area contributed by atoms with Crippen molar-refractivity contribution in [1.29, 1.82) is 0 Å². The van der Waals surface area contributed by atoms with Crippen molar-refractivity contribution in [2.75, 3.05) is 6.61 Å². The van der Waals surface area contributed by atoms with E-state index in [1.165, 1.54) is 0 Å². The minimum atomic E-state index is -0.349. The molecule has 0 atom stereocenters. The first kappa shape index (κ1) is 15.9. The molecular formula is C17H15ClN2O2. The minimum absolute atomic E-state index is 0. The molecule has 2 aliphatic rings. The molecule has 1 aromatic heterocycles. The van der Waals surface area contributed by atoms with Gasteiger partial charge < -0.3 is 17.1 Å². The molecule has 1 aliphatic carbocycles. The van der Waals surface area contributed by atoms with Gasteiger partial charge in [-0.2, -0.15) is 0 Å². The van der Waals surface area contributed by atoms with Crippen molar-refractivity contribution >= 4 is 5.97 Å². The topological polar surface area (TPSA) is 43.1 Å². The SMILES string of the molecule is CCOC(=O)c1c2cccccc-2nc1-[n+]1ccccc1.[Cl-]. The molecule has 4 nitrogen and oxygen atoms in total. The molecule has 0 bridgehead atoms. The van der Waals surface area contributed by atoms with Gasteiger partial charge in [-0.3, -0.25) is 0 Å². The van der Waals surface area contributed by atoms with Crippen molar-refractivity contribution in [3.8, 4) is 17.1 Å². The Balaban J connectivity index is 0.00000176. The molecule has 0 unspecified atom stereocenters. The van der Waals surface area contributed by atoms with E-state index >= 15 is 0 Å². The lowest BCUT2D eigenvalue weighted by Crippen LogP contribution is -3.00. The van der Waals surface area contributed by atoms with Gasteiger partial charge in [0.2, 0.25) is 0 Å². The van der Waals surface area contributed by atoms with Crippen LogP contribution < -0.4 is 17.0 Å². The van der Waals surface area contributed by atoms with E-state index < -0.39 is 0 Å². The highest BCUT2D eigenvalue weighted by Gasteiger charge is 2.32. The van der Waals surface area contributed by atoms with Crippen molar-refractivity contribution in [3.05, 3.63) is 66.5 Å². The third-order valence-corrected chi connectivity index (χ3v) is 3.17. The second-order valence-corrected chi connectivity index (χ2v) is 4.52. The Labute approximate surface area is 135 Å². The lowest BCUT2D eigenvalue weighted by molar-refractivity contribution is -0.599. The number of carbonyl (C=O) groups is 1. The Morgan fingerprint density at radius 1 is 1.09 bits per heavy atom. The molecular weight excluding hydrogens is 300 g/mol. The van der Waals surface area contributed by atoms with Gasteiger partial charge in [0.15, 0.2) is 11.3 Å². The summed E-state index contributed by atoms with van der Waals surface area (Å²) in [4.78, 5) is 16.9. The van der Waals surface area contributed by atoms with Crippen LogP contribution in [0.25, 0.3) is 17.1 Å². The van der Waals surface area contributed by atoms with E-state index in [4.69, 9.17) is 4.74 Å². The highest BCUT2D eigenvalue weighted by molar-refractivity contribution is 6.00. The smallest absolute Gasteiger partial charge is 0.347 e. The van der Waals surface area contributed by atoms with Crippen LogP contribution in [0.3, 0.4) is 0 Å². The van der Waals surface area contributed by atoms with E-state index in [-0.39, 0.29) is 18.4 Å². The number of rotatable bonds is 3. The molecule has 5 heteroatoms. The third kappa shape index (κ3) is 2.92. The first-order valence-electron chi connectivity index (χ1n) is 6.84. The zero-order valence-electron chi connectivity index (χ0n) is 12.1. The fourth-order valence-electron chi connectivity index (χ4n) is 2.27. The number of nitrogens with zero attached hydrogens (tertiary/aromatic N) is 2. The van der Waals surface area contributed by atoms with Gasteiger partial charge in [-0.1, -0.05) is 24.3 Å². The molecule has 0 saturated carbocycles. The van der Waals surface area contributed by atoms with Crippen LogP contribution in [0.15, 0.2) is 60.9 Å². The molecule has 22 heavy (non-hydrogen) atoms. The van der Waals surface area contributed by atoms with Gasteiger partial charge in [0.25, 0.3) is 0 Å². The molecule has 112 valence electrons. The van der Waals surface area contributed by atoms with Gasteiger partial charge in [-0.05, 0) is 36.2 Å². The average molecular weight is 315 g/mol. The van der Waals surface area contributed by atoms with Crippen LogP contribution in [-0.2, 0) is 4.74 Å². The predicted octanol–water partition coefficient (Wildman–Crippen LogP) is -0.356. The number of hydrogen-bond donors (Lipinski definition) is 0. The van der Waals surface area contributed by atoms with Crippen LogP contribution in [0.1, 0.15) is 17.3 Å². The summed E-state index contributed by atoms with van der Waals surface area (Å²) in [5.41, 5.74) is 2.07. The highest BCUT2D eigenvalue weighted by atomic mass is 35.5. The molecule has 3 rings (SSSR count). The Kier molecular flexibility index (Phi) is 5.07. The molecule has 2 heterocycles. The summed E-state index contributed by atoms with van der Waals surface area (Å²) in [5, 5.41) is 0. The molecule has 0 N–H and O–H groups in total. The Hall–Kier alpha value is -2.46. The fourth-order valence-corrected chi connectivity index (χ4v) is 2.27. The van der Waals surface area contributed by atoms with E-state index in [1.54, 1.807) is 6.92 Å². The standard InChI is InChI=1S/C17H15N2O2.ClH/c1-2-21-17(20)15-13-9-5-3-6-10-14(13)18-16(15)19-11-7-4-8-12-19;/h3-12H,2H2,1H3;1H/q+1;/p-1. The number of fused-ring (bicyclic) bond motifs is 1. The highest BCUT2D eigenvalue weighted by Crippen LogP contribution is 2.28. The number of pyridine rings is 1. The average Bonchev–Trinajstić information content (AvgIpc) is 2.72. The molecule has 1 aromatic rings. The van der Waals surface area contributed by atoms with E-state index in [1.807, 2.05) is 65.5 Å². The quantitative estimate of drug-likeness (QED) is 0.490. The maximum absolute atomic E-state index is 12.3. The summed E-state index contributed by atoms with van der Waals surface area (Å²) in [5.74, 6) is 0.243. The molecule has 0 spiro atoms. The van der Waals surface area contributed by atoms with E-state index in [0.717, 1.165) is 11.3 Å². The van der Waals surface area contributed by atoms with Gasteiger partial charge in [0.1, 0.15) is 0 Å². The zero-order valence-corrected chi connectivity index (χ0v) is 12.8. The predicted molar refractivity (Wildman–Crippen MR) is 78.3 cm³/mol. The molecule has 0 saturated heterocycles. The summed E-state index contributed by atoms with van der Waals surface area (Å²) < 4.78 is 7.02. The molecule has 0 amide bonds. The van der Waals surface area contributed by atoms with Crippen molar-refractivity contribution in [3.63, 3.8) is 0 Å². The zero-order chi connectivity index (χ0) is 14.7. The Morgan fingerprint density at radius 2 is 1.77 bits per heavy atom. The maximum Gasteiger partial charge on any atom is 0.347 e. The van der Waals surface area contributed by atoms with Gasteiger partial charge in [-0.15, -0.1) is 0 Å². The van der Waals surface area contributed by atoms with Crippen molar-refractivity contribution in [1.82, 2.24) is 4.98 Å². The van der Waals surface area contributed by atoms with Crippen LogP contribution >= 0.6 is 0 Å². The van der Waals surface area contributed by atoms with Crippen LogP contribution in [0.4, 0.5) is 0 Å². The normalized spacial score (nSPS) is 10.0. The van der Waals surface area contributed by atoms with E-state index in [0.29, 0.717) is 18.0 Å². The van der Waals surface area contributed by atoms with Crippen LogP contribution in [0, 0.1) is 0 Å². The Bertz CT molecular complexity index is 747. The van der Waals surface area contributed by atoms with Crippen molar-refractivity contribution in [2.45, 2.75) is 6.92 Å². The van der Waals surface area contributed by atoms with Gasteiger partial charge in [0.05, 0.1) is 19.0 Å². The van der Waals surface area contributed by atoms with Crippen LogP contribution in [0.5, 0.6) is 0 Å². The summed E-state index contributed by atoms with van der Waals surface area (Å²) in [7, 11) is 0. The molecule has 0 fully saturated rings. The molecule has 1 aliphatic heterocycles. The lowest BCUT2D eigenvalue weighted by atomic mass is 10.1. The number of ether oxygens (including phenoxy) is 1. The summed E-state index contributed by atoms with van der Waals surface area (Å²) in [6.07, 6.45) is 3.73. The van der Waals surface area contributed by atoms with Crippen LogP contribution in [-0.4, -0.2) is 17.6 Å². The van der Waals surface area contributed by atoms with Crippen molar-refractivity contribution < 1.29 is 26.5 Å². The second kappa shape index (κ2) is 7.00. The molecule has 0 aromatic carbocycles. The summed E-state index contributed by atoms with van der Waals surface area (Å²) in [6, 6.07) is 15.2. The van der Waals surface area contributed by atoms with Gasteiger partial charge in [-0.25, -0.2) is 9.36 Å². The number of carbonyl (C=O) groups excluding carboxylic acids is 1. The lowest BCUT2D eigenvalue weighted by Gasteiger charge is -2.01. The summed E-state index contributed by atoms with van der Waals surface area (Å²) >= 11 is 0. The van der Waals surface area contributed by atoms with Crippen molar-refractivity contribution in [2.24, 2.45) is 0 Å². The van der Waals surface area contributed by atoms with E-state index in [2.05, 4.69) is 4.98 Å².